The van der Waals surface area contributed by atoms with Crippen LogP contribution < -0.4 is 0 Å². The van der Waals surface area contributed by atoms with Crippen molar-refractivity contribution in [2.75, 3.05) is 7.05 Å². The molecule has 0 saturated heterocycles. The van der Waals surface area contributed by atoms with Gasteiger partial charge >= 0.3 is 0 Å². The first-order chi connectivity index (χ1) is 5.73. The SMILES string of the molecule is CC1=NN(C)C2(CCCCC2)C1. The Hall–Kier alpha value is -0.530. The average Bonchev–Trinajstić information content (AvgIpc) is 2.29. The van der Waals surface area contributed by atoms with Crippen LogP contribution >= 0.6 is 0 Å². The molecule has 12 heavy (non-hydrogen) atoms. The predicted molar refractivity (Wildman–Crippen MR) is 51.3 cm³/mol. The Balaban J connectivity index is 2.12. The van der Waals surface area contributed by atoms with Gasteiger partial charge in [-0.25, -0.2) is 0 Å². The van der Waals surface area contributed by atoms with Gasteiger partial charge in [0, 0.05) is 19.2 Å². The van der Waals surface area contributed by atoms with Crippen LogP contribution in [-0.4, -0.2) is 23.3 Å². The molecule has 1 aliphatic carbocycles. The molecular weight excluding hydrogens is 148 g/mol. The quantitative estimate of drug-likeness (QED) is 0.539. The fourth-order valence-corrected chi connectivity index (χ4v) is 2.70. The van der Waals surface area contributed by atoms with Crippen molar-refractivity contribution in [3.8, 4) is 0 Å². The van der Waals surface area contributed by atoms with E-state index in [4.69, 9.17) is 0 Å². The minimum absolute atomic E-state index is 0.433. The summed E-state index contributed by atoms with van der Waals surface area (Å²) in [4.78, 5) is 0. The molecule has 1 aliphatic heterocycles. The first kappa shape index (κ1) is 8.09. The summed E-state index contributed by atoms with van der Waals surface area (Å²) in [5.74, 6) is 0. The molecule has 2 rings (SSSR count). The maximum Gasteiger partial charge on any atom is 0.0628 e. The standard InChI is InChI=1S/C10H18N2/c1-9-8-10(12(2)11-9)6-4-3-5-7-10/h3-8H2,1-2H3. The van der Waals surface area contributed by atoms with Crippen molar-refractivity contribution in [1.82, 2.24) is 5.01 Å². The molecule has 0 radical (unpaired) electrons. The summed E-state index contributed by atoms with van der Waals surface area (Å²) in [6.07, 6.45) is 8.13. The summed E-state index contributed by atoms with van der Waals surface area (Å²) >= 11 is 0. The van der Waals surface area contributed by atoms with Gasteiger partial charge < -0.3 is 0 Å². The summed E-state index contributed by atoms with van der Waals surface area (Å²) in [5, 5.41) is 6.74. The van der Waals surface area contributed by atoms with E-state index in [1.807, 2.05) is 0 Å². The van der Waals surface area contributed by atoms with Crippen molar-refractivity contribution in [3.05, 3.63) is 0 Å². The summed E-state index contributed by atoms with van der Waals surface area (Å²) in [5.41, 5.74) is 1.75. The highest BCUT2D eigenvalue weighted by Crippen LogP contribution is 2.39. The second-order valence-corrected chi connectivity index (χ2v) is 4.32. The van der Waals surface area contributed by atoms with Crippen LogP contribution in [0.4, 0.5) is 0 Å². The van der Waals surface area contributed by atoms with Crippen LogP contribution in [0.5, 0.6) is 0 Å². The van der Waals surface area contributed by atoms with E-state index in [9.17, 15) is 0 Å². The van der Waals surface area contributed by atoms with E-state index in [0.29, 0.717) is 5.54 Å². The second kappa shape index (κ2) is 2.75. The normalized spacial score (nSPS) is 27.8. The second-order valence-electron chi connectivity index (χ2n) is 4.32. The molecule has 0 amide bonds. The van der Waals surface area contributed by atoms with Crippen molar-refractivity contribution >= 4 is 5.71 Å². The van der Waals surface area contributed by atoms with E-state index in [0.717, 1.165) is 0 Å². The van der Waals surface area contributed by atoms with Crippen LogP contribution in [0, 0.1) is 0 Å². The molecule has 0 bridgehead atoms. The minimum atomic E-state index is 0.433. The summed E-state index contributed by atoms with van der Waals surface area (Å²) in [7, 11) is 2.14. The largest absolute Gasteiger partial charge is 0.294 e. The molecule has 0 aromatic heterocycles. The third kappa shape index (κ3) is 1.13. The van der Waals surface area contributed by atoms with Crippen molar-refractivity contribution in [2.24, 2.45) is 5.10 Å². The fourth-order valence-electron chi connectivity index (χ4n) is 2.70. The van der Waals surface area contributed by atoms with Crippen LogP contribution in [0.3, 0.4) is 0 Å². The Morgan fingerprint density at radius 3 is 2.42 bits per heavy atom. The Labute approximate surface area is 74.6 Å². The highest BCUT2D eigenvalue weighted by atomic mass is 15.5. The Morgan fingerprint density at radius 1 is 1.25 bits per heavy atom. The topological polar surface area (TPSA) is 15.6 Å². The highest BCUT2D eigenvalue weighted by Gasteiger charge is 2.39. The molecule has 0 unspecified atom stereocenters. The molecule has 1 heterocycles. The van der Waals surface area contributed by atoms with Gasteiger partial charge in [-0.15, -0.1) is 0 Å². The lowest BCUT2D eigenvalue weighted by Gasteiger charge is -2.38. The first-order valence-electron chi connectivity index (χ1n) is 5.01. The number of rotatable bonds is 0. The molecule has 1 saturated carbocycles. The van der Waals surface area contributed by atoms with Crippen molar-refractivity contribution in [2.45, 2.75) is 51.0 Å². The van der Waals surface area contributed by atoms with Crippen molar-refractivity contribution < 1.29 is 0 Å². The van der Waals surface area contributed by atoms with Gasteiger partial charge in [0.25, 0.3) is 0 Å². The van der Waals surface area contributed by atoms with E-state index in [1.165, 1.54) is 44.2 Å². The number of hydrogen-bond donors (Lipinski definition) is 0. The van der Waals surface area contributed by atoms with Gasteiger partial charge in [0.15, 0.2) is 0 Å². The molecule has 0 aromatic carbocycles. The summed E-state index contributed by atoms with van der Waals surface area (Å²) in [6.45, 7) is 2.15. The molecule has 1 spiro atoms. The molecular formula is C10H18N2. The van der Waals surface area contributed by atoms with E-state index in [2.05, 4.69) is 24.1 Å². The molecule has 1 fully saturated rings. The van der Waals surface area contributed by atoms with Gasteiger partial charge in [0.1, 0.15) is 0 Å². The van der Waals surface area contributed by atoms with E-state index in [1.54, 1.807) is 0 Å². The van der Waals surface area contributed by atoms with Crippen LogP contribution in [0.2, 0.25) is 0 Å². The monoisotopic (exact) mass is 166 g/mol. The smallest absolute Gasteiger partial charge is 0.0628 e. The maximum atomic E-state index is 4.52. The van der Waals surface area contributed by atoms with Crippen LogP contribution in [0.15, 0.2) is 5.10 Å². The number of hydrogen-bond acceptors (Lipinski definition) is 2. The molecule has 2 nitrogen and oxygen atoms in total. The third-order valence-electron chi connectivity index (χ3n) is 3.38. The maximum absolute atomic E-state index is 4.52. The van der Waals surface area contributed by atoms with Gasteiger partial charge in [-0.1, -0.05) is 19.3 Å². The molecule has 2 heteroatoms. The van der Waals surface area contributed by atoms with Gasteiger partial charge in [-0.2, -0.15) is 5.10 Å². The van der Waals surface area contributed by atoms with Gasteiger partial charge in [-0.05, 0) is 19.8 Å². The molecule has 2 aliphatic rings. The predicted octanol–water partition coefficient (Wildman–Crippen LogP) is 2.40. The molecule has 68 valence electrons. The van der Waals surface area contributed by atoms with E-state index < -0.39 is 0 Å². The fraction of sp³-hybridized carbons (Fsp3) is 0.900. The van der Waals surface area contributed by atoms with Gasteiger partial charge in [0.2, 0.25) is 0 Å². The number of nitrogens with zero attached hydrogens (tertiary/aromatic N) is 2. The lowest BCUT2D eigenvalue weighted by Crippen LogP contribution is -2.42. The first-order valence-corrected chi connectivity index (χ1v) is 5.01. The zero-order valence-corrected chi connectivity index (χ0v) is 8.14. The summed E-state index contributed by atoms with van der Waals surface area (Å²) < 4.78 is 0. The van der Waals surface area contributed by atoms with E-state index >= 15 is 0 Å². The van der Waals surface area contributed by atoms with Gasteiger partial charge in [0.05, 0.1) is 5.54 Å². The average molecular weight is 166 g/mol. The van der Waals surface area contributed by atoms with E-state index in [-0.39, 0.29) is 0 Å². The zero-order chi connectivity index (χ0) is 8.60. The number of hydrazone groups is 1. The lowest BCUT2D eigenvalue weighted by molar-refractivity contribution is 0.103. The van der Waals surface area contributed by atoms with Crippen molar-refractivity contribution in [1.29, 1.82) is 0 Å². The molecule has 0 N–H and O–H groups in total. The molecule has 0 atom stereocenters. The highest BCUT2D eigenvalue weighted by molar-refractivity contribution is 5.84. The zero-order valence-electron chi connectivity index (χ0n) is 8.14. The third-order valence-corrected chi connectivity index (χ3v) is 3.38. The Bertz CT molecular complexity index is 202. The molecule has 0 aromatic rings. The van der Waals surface area contributed by atoms with Gasteiger partial charge in [-0.3, -0.25) is 5.01 Å². The minimum Gasteiger partial charge on any atom is -0.294 e. The van der Waals surface area contributed by atoms with Crippen molar-refractivity contribution in [3.63, 3.8) is 0 Å². The Morgan fingerprint density at radius 2 is 1.92 bits per heavy atom. The van der Waals surface area contributed by atoms with Crippen LogP contribution in [0.25, 0.3) is 0 Å². The lowest BCUT2D eigenvalue weighted by atomic mass is 9.79. The van der Waals surface area contributed by atoms with Crippen LogP contribution in [-0.2, 0) is 0 Å². The van der Waals surface area contributed by atoms with Crippen LogP contribution in [0.1, 0.15) is 45.4 Å². The summed E-state index contributed by atoms with van der Waals surface area (Å²) in [6, 6.07) is 0. The Kier molecular flexibility index (Phi) is 1.85.